The first kappa shape index (κ1) is 19.6. The number of likely N-dealkylation sites (tertiary alicyclic amines) is 1. The zero-order valence-electron chi connectivity index (χ0n) is 15.5. The van der Waals surface area contributed by atoms with Crippen LogP contribution in [0.5, 0.6) is 5.75 Å². The average Bonchev–Trinajstić information content (AvgIpc) is 2.90. The van der Waals surface area contributed by atoms with E-state index in [4.69, 9.17) is 9.47 Å². The van der Waals surface area contributed by atoms with Gasteiger partial charge in [0.15, 0.2) is 0 Å². The number of carbonyl (C=O) groups is 2. The number of hydrogen-bond donors (Lipinski definition) is 1. The number of rotatable bonds is 6. The molecule has 8 heteroatoms. The van der Waals surface area contributed by atoms with Crippen molar-refractivity contribution in [3.05, 3.63) is 29.8 Å². The van der Waals surface area contributed by atoms with E-state index in [1.807, 2.05) is 29.2 Å². The summed E-state index contributed by atoms with van der Waals surface area (Å²) in [7, 11) is 1.44. The zero-order valence-corrected chi connectivity index (χ0v) is 15.5. The smallest absolute Gasteiger partial charge is 0.246 e. The molecular weight excluding hydrogens is 353 g/mol. The van der Waals surface area contributed by atoms with Gasteiger partial charge in [-0.25, -0.2) is 4.39 Å². The Balaban J connectivity index is 1.58. The normalized spacial score (nSPS) is 22.7. The fourth-order valence-electron chi connectivity index (χ4n) is 3.57. The molecule has 2 aliphatic heterocycles. The van der Waals surface area contributed by atoms with Crippen LogP contribution in [-0.4, -0.2) is 80.3 Å². The SMILES string of the molecule is COCC(=O)NC[C@@H]1C[C@H](F)CN1C(=O)CN1CCOc2ccccc2C1. The lowest BCUT2D eigenvalue weighted by Crippen LogP contribution is -2.47. The van der Waals surface area contributed by atoms with Gasteiger partial charge in [-0.1, -0.05) is 18.2 Å². The molecular formula is C19H26FN3O4. The summed E-state index contributed by atoms with van der Waals surface area (Å²) in [5.41, 5.74) is 1.04. The summed E-state index contributed by atoms with van der Waals surface area (Å²) in [4.78, 5) is 27.9. The first-order valence-electron chi connectivity index (χ1n) is 9.19. The number of carbonyl (C=O) groups excluding carboxylic acids is 2. The van der Waals surface area contributed by atoms with Crippen molar-refractivity contribution in [3.63, 3.8) is 0 Å². The van der Waals surface area contributed by atoms with Gasteiger partial charge in [0.25, 0.3) is 0 Å². The van der Waals surface area contributed by atoms with Gasteiger partial charge >= 0.3 is 0 Å². The molecule has 1 saturated heterocycles. The Bertz CT molecular complexity index is 672. The fraction of sp³-hybridized carbons (Fsp3) is 0.579. The molecule has 7 nitrogen and oxygen atoms in total. The maximum absolute atomic E-state index is 13.9. The number of ether oxygens (including phenoxy) is 2. The first-order valence-corrected chi connectivity index (χ1v) is 9.19. The number of para-hydroxylation sites is 1. The van der Waals surface area contributed by atoms with E-state index in [1.165, 1.54) is 7.11 Å². The van der Waals surface area contributed by atoms with Crippen LogP contribution in [0, 0.1) is 0 Å². The highest BCUT2D eigenvalue weighted by Gasteiger charge is 2.36. The molecule has 3 rings (SSSR count). The van der Waals surface area contributed by atoms with E-state index in [9.17, 15) is 14.0 Å². The third-order valence-electron chi connectivity index (χ3n) is 4.88. The minimum Gasteiger partial charge on any atom is -0.492 e. The van der Waals surface area contributed by atoms with Gasteiger partial charge in [0, 0.05) is 38.7 Å². The molecule has 2 atom stereocenters. The van der Waals surface area contributed by atoms with Crippen molar-refractivity contribution >= 4 is 11.8 Å². The first-order chi connectivity index (χ1) is 13.1. The maximum Gasteiger partial charge on any atom is 0.246 e. The van der Waals surface area contributed by atoms with E-state index in [1.54, 1.807) is 4.90 Å². The van der Waals surface area contributed by atoms with Gasteiger partial charge in [-0.15, -0.1) is 0 Å². The van der Waals surface area contributed by atoms with E-state index in [-0.39, 0.29) is 50.5 Å². The largest absolute Gasteiger partial charge is 0.492 e. The second-order valence-corrected chi connectivity index (χ2v) is 6.94. The van der Waals surface area contributed by atoms with Crippen LogP contribution in [0.4, 0.5) is 4.39 Å². The predicted molar refractivity (Wildman–Crippen MR) is 97.1 cm³/mol. The Labute approximate surface area is 158 Å². The Morgan fingerprint density at radius 1 is 1.37 bits per heavy atom. The van der Waals surface area contributed by atoms with Gasteiger partial charge in [-0.05, 0) is 6.07 Å². The molecule has 1 aromatic rings. The summed E-state index contributed by atoms with van der Waals surface area (Å²) in [6.07, 6.45) is -0.822. The Hall–Kier alpha value is -2.19. The number of fused-ring (bicyclic) bond motifs is 1. The molecule has 148 valence electrons. The van der Waals surface area contributed by atoms with Gasteiger partial charge in [-0.3, -0.25) is 14.5 Å². The summed E-state index contributed by atoms with van der Waals surface area (Å²) in [6.45, 7) is 2.21. The van der Waals surface area contributed by atoms with E-state index < -0.39 is 6.17 Å². The number of amides is 2. The zero-order chi connectivity index (χ0) is 19.2. The van der Waals surface area contributed by atoms with Crippen LogP contribution in [0.1, 0.15) is 12.0 Å². The van der Waals surface area contributed by atoms with Crippen molar-refractivity contribution in [1.29, 1.82) is 0 Å². The van der Waals surface area contributed by atoms with Gasteiger partial charge in [0.2, 0.25) is 11.8 Å². The molecule has 0 aliphatic carbocycles. The van der Waals surface area contributed by atoms with Crippen LogP contribution in [0.2, 0.25) is 0 Å². The van der Waals surface area contributed by atoms with E-state index in [2.05, 4.69) is 5.32 Å². The standard InChI is InChI=1S/C19H26FN3O4/c1-26-13-18(24)21-9-16-8-15(20)11-23(16)19(25)12-22-6-7-27-17-5-3-2-4-14(17)10-22/h2-5,15-16H,6-13H2,1H3,(H,21,24)/t15-,16-/m0/s1. The van der Waals surface area contributed by atoms with Crippen LogP contribution in [0.3, 0.4) is 0 Å². The van der Waals surface area contributed by atoms with Crippen molar-refractivity contribution in [2.45, 2.75) is 25.2 Å². The predicted octanol–water partition coefficient (Wildman–Crippen LogP) is 0.583. The lowest BCUT2D eigenvalue weighted by molar-refractivity contribution is -0.134. The molecule has 0 radical (unpaired) electrons. The summed E-state index contributed by atoms with van der Waals surface area (Å²) >= 11 is 0. The second kappa shape index (κ2) is 9.14. The number of halogens is 1. The molecule has 1 aromatic carbocycles. The van der Waals surface area contributed by atoms with Crippen molar-refractivity contribution in [3.8, 4) is 5.75 Å². The summed E-state index contributed by atoms with van der Waals surface area (Å²) < 4.78 is 24.4. The summed E-state index contributed by atoms with van der Waals surface area (Å²) in [5, 5.41) is 2.70. The van der Waals surface area contributed by atoms with Crippen LogP contribution < -0.4 is 10.1 Å². The van der Waals surface area contributed by atoms with Crippen LogP contribution in [0.25, 0.3) is 0 Å². The highest BCUT2D eigenvalue weighted by Crippen LogP contribution is 2.24. The number of benzene rings is 1. The van der Waals surface area contributed by atoms with Gasteiger partial charge in [0.05, 0.1) is 19.1 Å². The minimum absolute atomic E-state index is 0.0487. The van der Waals surface area contributed by atoms with Crippen molar-refractivity contribution in [2.24, 2.45) is 0 Å². The summed E-state index contributed by atoms with van der Waals surface area (Å²) in [6, 6.07) is 7.45. The Morgan fingerprint density at radius 2 is 2.19 bits per heavy atom. The Morgan fingerprint density at radius 3 is 3.00 bits per heavy atom. The maximum atomic E-state index is 13.9. The van der Waals surface area contributed by atoms with Crippen molar-refractivity contribution in [1.82, 2.24) is 15.1 Å². The van der Waals surface area contributed by atoms with Crippen LogP contribution in [-0.2, 0) is 20.9 Å². The van der Waals surface area contributed by atoms with Crippen LogP contribution >= 0.6 is 0 Å². The minimum atomic E-state index is -1.06. The Kier molecular flexibility index (Phi) is 6.63. The van der Waals surface area contributed by atoms with Gasteiger partial charge in [0.1, 0.15) is 25.1 Å². The average molecular weight is 379 g/mol. The number of hydrogen-bond acceptors (Lipinski definition) is 5. The van der Waals surface area contributed by atoms with Crippen LogP contribution in [0.15, 0.2) is 24.3 Å². The second-order valence-electron chi connectivity index (χ2n) is 6.94. The third-order valence-corrected chi connectivity index (χ3v) is 4.88. The topological polar surface area (TPSA) is 71.1 Å². The molecule has 2 heterocycles. The lowest BCUT2D eigenvalue weighted by atomic mass is 10.2. The number of nitrogens with zero attached hydrogens (tertiary/aromatic N) is 2. The van der Waals surface area contributed by atoms with Crippen molar-refractivity contribution in [2.75, 3.05) is 46.5 Å². The quantitative estimate of drug-likeness (QED) is 0.783. The molecule has 27 heavy (non-hydrogen) atoms. The highest BCUT2D eigenvalue weighted by molar-refractivity contribution is 5.80. The monoisotopic (exact) mass is 379 g/mol. The number of methoxy groups -OCH3 is 1. The molecule has 0 bridgehead atoms. The number of alkyl halides is 1. The van der Waals surface area contributed by atoms with E-state index >= 15 is 0 Å². The lowest BCUT2D eigenvalue weighted by Gasteiger charge is -2.27. The molecule has 0 aromatic heterocycles. The fourth-order valence-corrected chi connectivity index (χ4v) is 3.57. The molecule has 0 saturated carbocycles. The molecule has 0 unspecified atom stereocenters. The molecule has 2 amide bonds. The molecule has 1 N–H and O–H groups in total. The van der Waals surface area contributed by atoms with E-state index in [0.29, 0.717) is 19.7 Å². The molecule has 2 aliphatic rings. The highest BCUT2D eigenvalue weighted by atomic mass is 19.1. The summed E-state index contributed by atoms with van der Waals surface area (Å²) in [5.74, 6) is 0.449. The molecule has 1 fully saturated rings. The van der Waals surface area contributed by atoms with E-state index in [0.717, 1.165) is 11.3 Å². The van der Waals surface area contributed by atoms with Crippen molar-refractivity contribution < 1.29 is 23.5 Å². The molecule has 0 spiro atoms. The third kappa shape index (κ3) is 5.17. The number of nitrogens with one attached hydrogen (secondary N) is 1. The van der Waals surface area contributed by atoms with Gasteiger partial charge < -0.3 is 19.7 Å². The van der Waals surface area contributed by atoms with Gasteiger partial charge in [-0.2, -0.15) is 0 Å².